The highest BCUT2D eigenvalue weighted by Crippen LogP contribution is 2.40. The van der Waals surface area contributed by atoms with Crippen LogP contribution >= 0.6 is 23.2 Å². The quantitative estimate of drug-likeness (QED) is 0.323. The molecule has 0 aliphatic carbocycles. The van der Waals surface area contributed by atoms with Gasteiger partial charge < -0.3 is 9.47 Å². The van der Waals surface area contributed by atoms with E-state index in [0.717, 1.165) is 16.7 Å². The Bertz CT molecular complexity index is 1280. The van der Waals surface area contributed by atoms with E-state index >= 15 is 0 Å². The molecule has 3 aromatic rings. The van der Waals surface area contributed by atoms with Crippen molar-refractivity contribution in [1.82, 2.24) is 0 Å². The Morgan fingerprint density at radius 3 is 2.12 bits per heavy atom. The van der Waals surface area contributed by atoms with E-state index in [1.807, 2.05) is 50.2 Å². The first kappa shape index (κ1) is 25.4. The number of nitriles is 2. The van der Waals surface area contributed by atoms with Crippen LogP contribution in [0.5, 0.6) is 17.2 Å². The summed E-state index contributed by atoms with van der Waals surface area (Å²) in [6.45, 7) is 9.94. The fourth-order valence-corrected chi connectivity index (χ4v) is 4.13. The second-order valence-corrected chi connectivity index (χ2v) is 10.1. The van der Waals surface area contributed by atoms with Crippen LogP contribution in [0.2, 0.25) is 5.02 Å². The van der Waals surface area contributed by atoms with Crippen molar-refractivity contribution in [1.29, 1.82) is 10.5 Å². The molecule has 3 aromatic carbocycles. The third-order valence-corrected chi connectivity index (χ3v) is 6.04. The Morgan fingerprint density at radius 2 is 1.50 bits per heavy atom. The summed E-state index contributed by atoms with van der Waals surface area (Å²) in [5.74, 6) is 1.72. The van der Waals surface area contributed by atoms with Crippen LogP contribution < -0.4 is 9.47 Å². The third-order valence-electron chi connectivity index (χ3n) is 5.49. The fraction of sp³-hybridized carbons (Fsp3) is 0.286. The van der Waals surface area contributed by atoms with E-state index in [1.165, 1.54) is 0 Å². The van der Waals surface area contributed by atoms with Crippen LogP contribution in [0.3, 0.4) is 0 Å². The van der Waals surface area contributed by atoms with Crippen LogP contribution in [0.1, 0.15) is 73.9 Å². The Kier molecular flexibility index (Phi) is 7.78. The van der Waals surface area contributed by atoms with Gasteiger partial charge in [0.2, 0.25) is 0 Å². The van der Waals surface area contributed by atoms with E-state index in [4.69, 9.17) is 32.7 Å². The van der Waals surface area contributed by atoms with Crippen LogP contribution in [0.4, 0.5) is 0 Å². The van der Waals surface area contributed by atoms with Gasteiger partial charge in [0.1, 0.15) is 35.5 Å². The number of hydrogen-bond donors (Lipinski definition) is 0. The molecule has 0 saturated heterocycles. The van der Waals surface area contributed by atoms with Crippen molar-refractivity contribution in [2.24, 2.45) is 0 Å². The molecule has 2 atom stereocenters. The number of halogens is 2. The maximum absolute atomic E-state index is 9.73. The highest BCUT2D eigenvalue weighted by atomic mass is 35.5. The molecule has 0 bridgehead atoms. The van der Waals surface area contributed by atoms with E-state index in [2.05, 4.69) is 32.9 Å². The van der Waals surface area contributed by atoms with Gasteiger partial charge in [-0.3, -0.25) is 0 Å². The summed E-state index contributed by atoms with van der Waals surface area (Å²) in [6.07, 6.45) is -0.389. The van der Waals surface area contributed by atoms with Gasteiger partial charge in [0.25, 0.3) is 0 Å². The molecule has 0 amide bonds. The van der Waals surface area contributed by atoms with E-state index in [1.54, 1.807) is 18.2 Å². The average molecular weight is 493 g/mol. The zero-order valence-electron chi connectivity index (χ0n) is 19.8. The molecule has 0 aromatic heterocycles. The molecule has 0 aliphatic heterocycles. The molecule has 0 saturated carbocycles. The lowest BCUT2D eigenvalue weighted by atomic mass is 9.86. The SMILES string of the molecule is CC(Cl)c1cccc(Oc2ccc(OC(C)c3cccc(Cl)c3C#N)cc2C(C)(C)C)c1C#N. The van der Waals surface area contributed by atoms with Crippen LogP contribution in [0.15, 0.2) is 54.6 Å². The van der Waals surface area contributed by atoms with E-state index in [9.17, 15) is 10.5 Å². The maximum atomic E-state index is 9.73. The topological polar surface area (TPSA) is 66.0 Å². The van der Waals surface area contributed by atoms with Crippen molar-refractivity contribution in [3.63, 3.8) is 0 Å². The molecule has 0 fully saturated rings. The summed E-state index contributed by atoms with van der Waals surface area (Å²) in [4.78, 5) is 0. The minimum Gasteiger partial charge on any atom is -0.486 e. The van der Waals surface area contributed by atoms with Crippen molar-refractivity contribution >= 4 is 23.2 Å². The molecule has 34 heavy (non-hydrogen) atoms. The van der Waals surface area contributed by atoms with Gasteiger partial charge in [-0.05, 0) is 55.2 Å². The molecule has 3 rings (SSSR count). The van der Waals surface area contributed by atoms with Crippen molar-refractivity contribution in [2.75, 3.05) is 0 Å². The third kappa shape index (κ3) is 5.48. The molecule has 0 radical (unpaired) electrons. The van der Waals surface area contributed by atoms with Gasteiger partial charge in [0.15, 0.2) is 0 Å². The lowest BCUT2D eigenvalue weighted by molar-refractivity contribution is 0.226. The van der Waals surface area contributed by atoms with Gasteiger partial charge in [-0.1, -0.05) is 56.6 Å². The summed E-state index contributed by atoms with van der Waals surface area (Å²) in [7, 11) is 0. The summed E-state index contributed by atoms with van der Waals surface area (Å²) in [5, 5.41) is 19.3. The van der Waals surface area contributed by atoms with Crippen molar-refractivity contribution in [3.05, 3.63) is 87.4 Å². The molecule has 6 heteroatoms. The standard InChI is InChI=1S/C28H26Cl2N2O2/c1-17(29)20-8-7-11-26(23(20)16-32)34-27-13-12-19(14-24(27)28(3,4)5)33-18(2)21-9-6-10-25(30)22(21)15-31/h6-14,17-18H,1-5H3. The van der Waals surface area contributed by atoms with Crippen LogP contribution in [-0.4, -0.2) is 0 Å². The van der Waals surface area contributed by atoms with Crippen molar-refractivity contribution in [2.45, 2.75) is 51.5 Å². The number of rotatable bonds is 6. The van der Waals surface area contributed by atoms with E-state index in [-0.39, 0.29) is 16.9 Å². The summed E-state index contributed by atoms with van der Waals surface area (Å²) >= 11 is 12.5. The smallest absolute Gasteiger partial charge is 0.145 e. The monoisotopic (exact) mass is 492 g/mol. The summed E-state index contributed by atoms with van der Waals surface area (Å²) in [5.41, 5.74) is 2.92. The molecule has 174 valence electrons. The highest BCUT2D eigenvalue weighted by molar-refractivity contribution is 6.31. The lowest BCUT2D eigenvalue weighted by Crippen LogP contribution is -2.14. The largest absolute Gasteiger partial charge is 0.486 e. The maximum Gasteiger partial charge on any atom is 0.145 e. The molecule has 2 unspecified atom stereocenters. The van der Waals surface area contributed by atoms with Gasteiger partial charge in [0.05, 0.1) is 21.5 Å². The van der Waals surface area contributed by atoms with Gasteiger partial charge in [0, 0.05) is 11.1 Å². The van der Waals surface area contributed by atoms with Crippen molar-refractivity contribution < 1.29 is 9.47 Å². The number of alkyl halides is 1. The predicted octanol–water partition coefficient (Wildman–Crippen LogP) is 8.61. The predicted molar refractivity (Wildman–Crippen MR) is 136 cm³/mol. The molecule has 0 aliphatic rings. The van der Waals surface area contributed by atoms with Crippen molar-refractivity contribution in [3.8, 4) is 29.4 Å². The lowest BCUT2D eigenvalue weighted by Gasteiger charge is -2.25. The second-order valence-electron chi connectivity index (χ2n) is 9.03. The van der Waals surface area contributed by atoms with Crippen LogP contribution in [0.25, 0.3) is 0 Å². The normalized spacial score (nSPS) is 12.9. The molecular weight excluding hydrogens is 467 g/mol. The van der Waals surface area contributed by atoms with Gasteiger partial charge in [-0.15, -0.1) is 11.6 Å². The van der Waals surface area contributed by atoms with Crippen LogP contribution in [-0.2, 0) is 5.41 Å². The first-order valence-corrected chi connectivity index (χ1v) is 11.7. The molecule has 0 heterocycles. The average Bonchev–Trinajstić information content (AvgIpc) is 2.78. The van der Waals surface area contributed by atoms with E-state index < -0.39 is 0 Å². The van der Waals surface area contributed by atoms with Gasteiger partial charge in [-0.25, -0.2) is 0 Å². The second kappa shape index (κ2) is 10.4. The minimum absolute atomic E-state index is 0.268. The first-order chi connectivity index (χ1) is 16.1. The summed E-state index contributed by atoms with van der Waals surface area (Å²) < 4.78 is 12.4. The summed E-state index contributed by atoms with van der Waals surface area (Å²) in [6, 6.07) is 20.7. The Morgan fingerprint density at radius 1 is 0.853 bits per heavy atom. The molecule has 4 nitrogen and oxygen atoms in total. The minimum atomic E-state index is -0.389. The number of benzene rings is 3. The highest BCUT2D eigenvalue weighted by Gasteiger charge is 2.23. The number of hydrogen-bond acceptors (Lipinski definition) is 4. The van der Waals surface area contributed by atoms with Gasteiger partial charge >= 0.3 is 0 Å². The fourth-order valence-electron chi connectivity index (χ4n) is 3.73. The Labute approximate surface area is 211 Å². The Hall–Kier alpha value is -3.18. The van der Waals surface area contributed by atoms with Crippen LogP contribution in [0, 0.1) is 22.7 Å². The molecular formula is C28H26Cl2N2O2. The first-order valence-electron chi connectivity index (χ1n) is 10.9. The molecule has 0 spiro atoms. The zero-order chi connectivity index (χ0) is 25.0. The number of ether oxygens (including phenoxy) is 2. The number of nitrogens with zero attached hydrogens (tertiary/aromatic N) is 2. The van der Waals surface area contributed by atoms with E-state index in [0.29, 0.717) is 33.4 Å². The zero-order valence-corrected chi connectivity index (χ0v) is 21.3. The Balaban J connectivity index is 1.98. The van der Waals surface area contributed by atoms with Gasteiger partial charge in [-0.2, -0.15) is 10.5 Å². The molecule has 0 N–H and O–H groups in total.